The largest absolute Gasteiger partial charge is 0.382 e. The second-order valence-electron chi connectivity index (χ2n) is 5.24. The summed E-state index contributed by atoms with van der Waals surface area (Å²) in [6, 6.07) is 5.72. The van der Waals surface area contributed by atoms with Crippen molar-refractivity contribution in [1.29, 1.82) is 0 Å². The molecule has 0 aliphatic heterocycles. The third-order valence-corrected chi connectivity index (χ3v) is 4.11. The molecule has 0 amide bonds. The number of benzene rings is 1. The third kappa shape index (κ3) is 3.85. The number of hydrogen-bond donors (Lipinski definition) is 1. The second-order valence-corrected chi connectivity index (χ2v) is 6.06. The van der Waals surface area contributed by atoms with Crippen LogP contribution in [0.5, 0.6) is 0 Å². The summed E-state index contributed by atoms with van der Waals surface area (Å²) in [7, 11) is 4.21. The molecular weight excluding hydrogens is 257 g/mol. The molecule has 2 nitrogen and oxygen atoms in total. The zero-order chi connectivity index (χ0) is 13.2. The molecular formula is C13H20Cl2NO+. The van der Waals surface area contributed by atoms with Gasteiger partial charge in [0.1, 0.15) is 12.6 Å². The molecule has 0 aliphatic rings. The molecule has 0 saturated carbocycles. The van der Waals surface area contributed by atoms with Crippen molar-refractivity contribution in [3.8, 4) is 0 Å². The fourth-order valence-electron chi connectivity index (χ4n) is 1.48. The molecule has 0 spiro atoms. The van der Waals surface area contributed by atoms with Gasteiger partial charge in [-0.2, -0.15) is 0 Å². The van der Waals surface area contributed by atoms with Crippen LogP contribution in [0.1, 0.15) is 25.5 Å². The number of quaternary nitrogens is 1. The van der Waals surface area contributed by atoms with E-state index in [-0.39, 0.29) is 0 Å². The Kier molecular flexibility index (Phi) is 4.85. The van der Waals surface area contributed by atoms with Gasteiger partial charge in [0.25, 0.3) is 0 Å². The van der Waals surface area contributed by atoms with Crippen molar-refractivity contribution in [1.82, 2.24) is 0 Å². The van der Waals surface area contributed by atoms with E-state index in [0.29, 0.717) is 22.6 Å². The van der Waals surface area contributed by atoms with Gasteiger partial charge in [-0.05, 0) is 31.5 Å². The van der Waals surface area contributed by atoms with Crippen LogP contribution < -0.4 is 0 Å². The van der Waals surface area contributed by atoms with Gasteiger partial charge < -0.3 is 9.59 Å². The van der Waals surface area contributed by atoms with Crippen LogP contribution in [0, 0.1) is 0 Å². The molecule has 1 aromatic carbocycles. The highest BCUT2D eigenvalue weighted by Gasteiger charge is 2.25. The van der Waals surface area contributed by atoms with Gasteiger partial charge >= 0.3 is 0 Å². The minimum atomic E-state index is -0.526. The average Bonchev–Trinajstić information content (AvgIpc) is 2.21. The Hall–Kier alpha value is -0.280. The quantitative estimate of drug-likeness (QED) is 0.835. The first kappa shape index (κ1) is 14.8. The van der Waals surface area contributed by atoms with E-state index < -0.39 is 6.10 Å². The van der Waals surface area contributed by atoms with Gasteiger partial charge in [0.05, 0.1) is 30.2 Å². The highest BCUT2D eigenvalue weighted by atomic mass is 35.5. The fourth-order valence-corrected chi connectivity index (χ4v) is 1.79. The molecule has 0 heterocycles. The molecule has 0 radical (unpaired) electrons. The monoisotopic (exact) mass is 276 g/mol. The van der Waals surface area contributed by atoms with E-state index in [4.69, 9.17) is 23.2 Å². The molecule has 96 valence electrons. The molecule has 1 aromatic rings. The van der Waals surface area contributed by atoms with Gasteiger partial charge in [-0.15, -0.1) is 0 Å². The van der Waals surface area contributed by atoms with Crippen LogP contribution in [0.2, 0.25) is 10.0 Å². The zero-order valence-electron chi connectivity index (χ0n) is 10.7. The molecule has 0 aliphatic carbocycles. The minimum Gasteiger partial charge on any atom is -0.382 e. The fraction of sp³-hybridized carbons (Fsp3) is 0.538. The zero-order valence-corrected chi connectivity index (χ0v) is 12.3. The van der Waals surface area contributed by atoms with Crippen molar-refractivity contribution < 1.29 is 9.59 Å². The van der Waals surface area contributed by atoms with Crippen LogP contribution in [0.4, 0.5) is 0 Å². The van der Waals surface area contributed by atoms with Crippen LogP contribution in [0.3, 0.4) is 0 Å². The van der Waals surface area contributed by atoms with E-state index in [0.717, 1.165) is 10.0 Å². The van der Waals surface area contributed by atoms with Crippen molar-refractivity contribution in [2.45, 2.75) is 26.0 Å². The maximum absolute atomic E-state index is 10.2. The molecule has 0 aromatic heterocycles. The Labute approximate surface area is 113 Å². The molecule has 1 rings (SSSR count). The van der Waals surface area contributed by atoms with Crippen LogP contribution in [0.25, 0.3) is 0 Å². The first-order valence-corrected chi connectivity index (χ1v) is 6.45. The maximum Gasteiger partial charge on any atom is 0.128 e. The predicted octanol–water partition coefficient (Wildman–Crippen LogP) is 3.51. The molecule has 1 unspecified atom stereocenters. The lowest BCUT2D eigenvalue weighted by Crippen LogP contribution is -2.48. The van der Waals surface area contributed by atoms with E-state index in [1.807, 2.05) is 6.07 Å². The number of nitrogens with zero attached hydrogens (tertiary/aromatic N) is 1. The minimum absolute atomic E-state index is 0.451. The average molecular weight is 277 g/mol. The lowest BCUT2D eigenvalue weighted by molar-refractivity contribution is -0.914. The second kappa shape index (κ2) is 5.57. The summed E-state index contributed by atoms with van der Waals surface area (Å²) >= 11 is 11.8. The summed E-state index contributed by atoms with van der Waals surface area (Å²) in [5, 5.41) is 11.2. The first-order chi connectivity index (χ1) is 7.74. The topological polar surface area (TPSA) is 20.2 Å². The predicted molar refractivity (Wildman–Crippen MR) is 73.5 cm³/mol. The van der Waals surface area contributed by atoms with Gasteiger partial charge in [-0.1, -0.05) is 29.3 Å². The number of hydrogen-bond acceptors (Lipinski definition) is 1. The molecule has 4 heteroatoms. The maximum atomic E-state index is 10.2. The standard InChI is InChI=1S/C13H20Cl2NO/c1-9(2)16(3,4)8-13(17)10-5-6-11(14)12(15)7-10/h5-7,9,13,17H,8H2,1-4H3/q+1. The van der Waals surface area contributed by atoms with Crippen molar-refractivity contribution in [2.24, 2.45) is 0 Å². The Bertz CT molecular complexity index is 391. The molecule has 0 fully saturated rings. The Morgan fingerprint density at radius 2 is 1.76 bits per heavy atom. The normalized spacial score (nSPS) is 14.1. The first-order valence-electron chi connectivity index (χ1n) is 5.69. The molecule has 1 atom stereocenters. The van der Waals surface area contributed by atoms with E-state index in [2.05, 4.69) is 27.9 Å². The molecule has 0 bridgehead atoms. The van der Waals surface area contributed by atoms with Gasteiger partial charge in [0.2, 0.25) is 0 Å². The summed E-state index contributed by atoms with van der Waals surface area (Å²) in [5.41, 5.74) is 0.811. The number of halogens is 2. The van der Waals surface area contributed by atoms with E-state index in [1.165, 1.54) is 0 Å². The lowest BCUT2D eigenvalue weighted by atomic mass is 10.1. The van der Waals surface area contributed by atoms with Crippen molar-refractivity contribution >= 4 is 23.2 Å². The van der Waals surface area contributed by atoms with Gasteiger partial charge in [0, 0.05) is 0 Å². The number of aliphatic hydroxyl groups excluding tert-OH is 1. The van der Waals surface area contributed by atoms with Crippen LogP contribution in [0.15, 0.2) is 18.2 Å². The summed E-state index contributed by atoms with van der Waals surface area (Å²) in [6.07, 6.45) is -0.526. The van der Waals surface area contributed by atoms with Gasteiger partial charge in [-0.25, -0.2) is 0 Å². The number of rotatable bonds is 4. The highest BCUT2D eigenvalue weighted by molar-refractivity contribution is 6.42. The highest BCUT2D eigenvalue weighted by Crippen LogP contribution is 2.27. The van der Waals surface area contributed by atoms with E-state index >= 15 is 0 Å². The van der Waals surface area contributed by atoms with Crippen molar-refractivity contribution in [3.05, 3.63) is 33.8 Å². The van der Waals surface area contributed by atoms with Gasteiger partial charge in [0.15, 0.2) is 0 Å². The third-order valence-electron chi connectivity index (χ3n) is 3.37. The van der Waals surface area contributed by atoms with Crippen molar-refractivity contribution in [3.63, 3.8) is 0 Å². The Balaban J connectivity index is 2.83. The van der Waals surface area contributed by atoms with E-state index in [1.54, 1.807) is 12.1 Å². The molecule has 17 heavy (non-hydrogen) atoms. The Morgan fingerprint density at radius 3 is 2.24 bits per heavy atom. The van der Waals surface area contributed by atoms with E-state index in [9.17, 15) is 5.11 Å². The van der Waals surface area contributed by atoms with Crippen molar-refractivity contribution in [2.75, 3.05) is 20.6 Å². The van der Waals surface area contributed by atoms with Crippen LogP contribution >= 0.6 is 23.2 Å². The Morgan fingerprint density at radius 1 is 1.18 bits per heavy atom. The summed E-state index contributed by atoms with van der Waals surface area (Å²) in [4.78, 5) is 0. The number of likely N-dealkylation sites (N-methyl/N-ethyl adjacent to an activating group) is 1. The van der Waals surface area contributed by atoms with Gasteiger partial charge in [-0.3, -0.25) is 0 Å². The van der Waals surface area contributed by atoms with Crippen LogP contribution in [-0.2, 0) is 0 Å². The summed E-state index contributed by atoms with van der Waals surface area (Å²) < 4.78 is 0.751. The lowest BCUT2D eigenvalue weighted by Gasteiger charge is -2.36. The SMILES string of the molecule is CC(C)[N+](C)(C)CC(O)c1ccc(Cl)c(Cl)c1. The molecule has 1 N–H and O–H groups in total. The van der Waals surface area contributed by atoms with Crippen LogP contribution in [-0.4, -0.2) is 36.3 Å². The number of aliphatic hydroxyl groups is 1. The smallest absolute Gasteiger partial charge is 0.128 e. The summed E-state index contributed by atoms with van der Waals surface area (Å²) in [5.74, 6) is 0. The summed E-state index contributed by atoms with van der Waals surface area (Å²) in [6.45, 7) is 4.93. The molecule has 0 saturated heterocycles.